The number of benzene rings is 2. The van der Waals surface area contributed by atoms with E-state index in [1.165, 1.54) is 32.6 Å². The first-order chi connectivity index (χ1) is 20.9. The lowest BCUT2D eigenvalue weighted by Gasteiger charge is -2.43. The number of hydrogen-bond donors (Lipinski definition) is 3. The zero-order chi connectivity index (χ0) is 30.6. The monoisotopic (exact) mass is 591 g/mol. The molecule has 2 fully saturated rings. The summed E-state index contributed by atoms with van der Waals surface area (Å²) in [6.07, 6.45) is 8.99. The molecular formula is C35H49N3O5. The number of amides is 2. The van der Waals surface area contributed by atoms with E-state index in [1.807, 2.05) is 54.6 Å². The lowest BCUT2D eigenvalue weighted by atomic mass is 9.89. The van der Waals surface area contributed by atoms with Crippen molar-refractivity contribution in [2.24, 2.45) is 5.92 Å². The van der Waals surface area contributed by atoms with Gasteiger partial charge in [0.2, 0.25) is 11.8 Å². The summed E-state index contributed by atoms with van der Waals surface area (Å²) in [7, 11) is 0. The van der Waals surface area contributed by atoms with Crippen molar-refractivity contribution in [1.82, 2.24) is 10.2 Å². The van der Waals surface area contributed by atoms with Crippen LogP contribution in [0.15, 0.2) is 61.2 Å². The Bertz CT molecular complexity index is 1180. The zero-order valence-electron chi connectivity index (χ0n) is 25.8. The normalized spacial score (nSPS) is 22.4. The maximum atomic E-state index is 12.7. The van der Waals surface area contributed by atoms with Crippen LogP contribution in [-0.2, 0) is 25.7 Å². The smallest absolute Gasteiger partial charge is 0.224 e. The van der Waals surface area contributed by atoms with Crippen molar-refractivity contribution >= 4 is 17.5 Å². The Morgan fingerprint density at radius 2 is 1.81 bits per heavy atom. The Labute approximate surface area is 256 Å². The van der Waals surface area contributed by atoms with E-state index in [0.717, 1.165) is 49.0 Å². The van der Waals surface area contributed by atoms with Crippen molar-refractivity contribution in [3.63, 3.8) is 0 Å². The molecule has 3 N–H and O–H groups in total. The van der Waals surface area contributed by atoms with E-state index in [2.05, 4.69) is 29.0 Å². The van der Waals surface area contributed by atoms with Gasteiger partial charge in [0.05, 0.1) is 18.8 Å². The summed E-state index contributed by atoms with van der Waals surface area (Å²) in [5, 5.41) is 15.4. The van der Waals surface area contributed by atoms with E-state index in [4.69, 9.17) is 9.47 Å². The zero-order valence-corrected chi connectivity index (χ0v) is 25.8. The third kappa shape index (κ3) is 9.73. The highest BCUT2D eigenvalue weighted by Crippen LogP contribution is 2.42. The number of nitrogens with zero attached hydrogens (tertiary/aromatic N) is 1. The van der Waals surface area contributed by atoms with Crippen LogP contribution in [0, 0.1) is 5.92 Å². The molecule has 4 unspecified atom stereocenters. The number of carbonyl (C=O) groups is 2. The number of hydrogen-bond acceptors (Lipinski definition) is 6. The average Bonchev–Trinajstić information content (AvgIpc) is 3.55. The highest BCUT2D eigenvalue weighted by molar-refractivity contribution is 5.90. The molecule has 2 aromatic carbocycles. The van der Waals surface area contributed by atoms with Crippen LogP contribution in [0.3, 0.4) is 0 Å². The molecular weight excluding hydrogens is 542 g/mol. The van der Waals surface area contributed by atoms with Gasteiger partial charge in [-0.2, -0.15) is 0 Å². The molecule has 8 heteroatoms. The van der Waals surface area contributed by atoms with Gasteiger partial charge in [0, 0.05) is 56.2 Å². The fourth-order valence-electron chi connectivity index (χ4n) is 6.21. The minimum absolute atomic E-state index is 0.00318. The molecule has 0 aromatic heterocycles. The largest absolute Gasteiger partial charge is 0.392 e. The molecule has 1 saturated carbocycles. The second kappa shape index (κ2) is 16.7. The number of anilines is 1. The Hall–Kier alpha value is -3.04. The topological polar surface area (TPSA) is 100 Å². The van der Waals surface area contributed by atoms with Crippen LogP contribution >= 0.6 is 0 Å². The molecule has 8 nitrogen and oxygen atoms in total. The molecule has 1 aliphatic carbocycles. The van der Waals surface area contributed by atoms with E-state index in [9.17, 15) is 14.7 Å². The van der Waals surface area contributed by atoms with Gasteiger partial charge in [0.1, 0.15) is 0 Å². The van der Waals surface area contributed by atoms with Gasteiger partial charge in [-0.15, -0.1) is 6.58 Å². The minimum atomic E-state index is -0.594. The molecule has 2 aliphatic rings. The summed E-state index contributed by atoms with van der Waals surface area (Å²) in [5.41, 5.74) is 3.50. The first kappa shape index (κ1) is 32.9. The highest BCUT2D eigenvalue weighted by Gasteiger charge is 2.40. The minimum Gasteiger partial charge on any atom is -0.392 e. The second-order valence-corrected chi connectivity index (χ2v) is 12.0. The predicted molar refractivity (Wildman–Crippen MR) is 169 cm³/mol. The molecule has 1 heterocycles. The Kier molecular flexibility index (Phi) is 12.8. The molecule has 1 aliphatic heterocycles. The summed E-state index contributed by atoms with van der Waals surface area (Å²) >= 11 is 0. The van der Waals surface area contributed by atoms with Gasteiger partial charge >= 0.3 is 0 Å². The summed E-state index contributed by atoms with van der Waals surface area (Å²) in [6.45, 7) is 9.98. The van der Waals surface area contributed by atoms with E-state index >= 15 is 0 Å². The molecule has 43 heavy (non-hydrogen) atoms. The molecule has 0 radical (unpaired) electrons. The van der Waals surface area contributed by atoms with Crippen molar-refractivity contribution in [2.45, 2.75) is 96.4 Å². The van der Waals surface area contributed by atoms with Crippen LogP contribution in [0.1, 0.15) is 94.3 Å². The molecule has 2 aromatic rings. The van der Waals surface area contributed by atoms with E-state index in [-0.39, 0.29) is 36.5 Å². The number of carbonyl (C=O) groups excluding carboxylic acids is 2. The SMILES string of the molecule is C=CCN(CC1OC(c2cccc(NC(=O)CCCCCNC(C)=O)c2)OC(c2ccc(CO)cc2)C1C)C1CCCC1. The molecule has 0 spiro atoms. The van der Waals surface area contributed by atoms with E-state index < -0.39 is 6.29 Å². The number of ether oxygens (including phenoxy) is 2. The van der Waals surface area contributed by atoms with Crippen LogP contribution in [0.5, 0.6) is 0 Å². The van der Waals surface area contributed by atoms with E-state index in [0.29, 0.717) is 24.7 Å². The molecule has 0 bridgehead atoms. The van der Waals surface area contributed by atoms with Crippen molar-refractivity contribution < 1.29 is 24.2 Å². The van der Waals surface area contributed by atoms with Crippen molar-refractivity contribution in [3.8, 4) is 0 Å². The van der Waals surface area contributed by atoms with Gasteiger partial charge in [-0.05, 0) is 48.9 Å². The van der Waals surface area contributed by atoms with Gasteiger partial charge in [-0.1, -0.05) is 68.7 Å². The van der Waals surface area contributed by atoms with Crippen molar-refractivity contribution in [3.05, 3.63) is 77.9 Å². The third-order valence-corrected chi connectivity index (χ3v) is 8.64. The number of aliphatic hydroxyl groups excluding tert-OH is 1. The maximum Gasteiger partial charge on any atom is 0.224 e. The van der Waals surface area contributed by atoms with Gasteiger partial charge < -0.3 is 25.2 Å². The molecule has 4 atom stereocenters. The Balaban J connectivity index is 1.47. The van der Waals surface area contributed by atoms with Crippen LogP contribution in [0.25, 0.3) is 0 Å². The fraction of sp³-hybridized carbons (Fsp3) is 0.543. The summed E-state index contributed by atoms with van der Waals surface area (Å²) in [5.74, 6) is 0.0313. The highest BCUT2D eigenvalue weighted by atomic mass is 16.7. The average molecular weight is 592 g/mol. The quantitative estimate of drug-likeness (QED) is 0.173. The number of unbranched alkanes of at least 4 members (excludes halogenated alkanes) is 2. The maximum absolute atomic E-state index is 12.7. The summed E-state index contributed by atoms with van der Waals surface area (Å²) < 4.78 is 13.4. The lowest BCUT2D eigenvalue weighted by Crippen LogP contribution is -2.47. The Morgan fingerprint density at radius 3 is 2.51 bits per heavy atom. The third-order valence-electron chi connectivity index (χ3n) is 8.64. The van der Waals surface area contributed by atoms with Gasteiger partial charge in [0.15, 0.2) is 6.29 Å². The predicted octanol–water partition coefficient (Wildman–Crippen LogP) is 6.04. The number of aliphatic hydroxyl groups is 1. The molecule has 1 saturated heterocycles. The first-order valence-corrected chi connectivity index (χ1v) is 15.9. The lowest BCUT2D eigenvalue weighted by molar-refractivity contribution is -0.276. The van der Waals surface area contributed by atoms with E-state index in [1.54, 1.807) is 0 Å². The molecule has 234 valence electrons. The van der Waals surface area contributed by atoms with Gasteiger partial charge in [-0.3, -0.25) is 14.5 Å². The fourth-order valence-corrected chi connectivity index (χ4v) is 6.21. The summed E-state index contributed by atoms with van der Waals surface area (Å²) in [6, 6.07) is 16.3. The van der Waals surface area contributed by atoms with Crippen molar-refractivity contribution in [1.29, 1.82) is 0 Å². The molecule has 4 rings (SSSR count). The van der Waals surface area contributed by atoms with Crippen LogP contribution in [0.4, 0.5) is 5.69 Å². The van der Waals surface area contributed by atoms with Crippen LogP contribution < -0.4 is 10.6 Å². The van der Waals surface area contributed by atoms with Crippen LogP contribution in [-0.4, -0.2) is 53.6 Å². The van der Waals surface area contributed by atoms with Gasteiger partial charge in [-0.25, -0.2) is 0 Å². The second-order valence-electron chi connectivity index (χ2n) is 12.0. The standard InChI is InChI=1S/C35H49N3O5/c1-4-21-38(31-13-7-8-14-31)23-32-25(2)34(28-18-16-27(24-39)17-19-28)43-35(42-32)29-11-10-12-30(22-29)37-33(41)15-6-5-9-20-36-26(3)40/h4,10-12,16-19,22,25,31-32,34-35,39H,1,5-9,13-15,20-21,23-24H2,2-3H3,(H,36,40)(H,37,41). The van der Waals surface area contributed by atoms with Crippen LogP contribution in [0.2, 0.25) is 0 Å². The summed E-state index contributed by atoms with van der Waals surface area (Å²) in [4.78, 5) is 26.2. The number of rotatable bonds is 15. The van der Waals surface area contributed by atoms with Gasteiger partial charge in [0.25, 0.3) is 0 Å². The Morgan fingerprint density at radius 1 is 1.05 bits per heavy atom. The number of nitrogens with one attached hydrogen (secondary N) is 2. The molecule has 2 amide bonds. The van der Waals surface area contributed by atoms with Crippen molar-refractivity contribution in [2.75, 3.05) is 25.0 Å². The first-order valence-electron chi connectivity index (χ1n) is 15.9.